The lowest BCUT2D eigenvalue weighted by atomic mass is 9.90. The molecule has 1 aliphatic rings. The Labute approximate surface area is 236 Å². The fourth-order valence-corrected chi connectivity index (χ4v) is 6.40. The van der Waals surface area contributed by atoms with Crippen LogP contribution >= 0.6 is 11.6 Å². The van der Waals surface area contributed by atoms with E-state index in [1.54, 1.807) is 12.1 Å². The van der Waals surface area contributed by atoms with Crippen LogP contribution in [0.5, 0.6) is 11.5 Å². The molecule has 1 fully saturated rings. The smallest absolute Gasteiger partial charge is 0.416 e. The van der Waals surface area contributed by atoms with Gasteiger partial charge in [0, 0.05) is 24.7 Å². The SMILES string of the molecule is O=S(=O)(NC1(c2ccc(Cl)cc2)CCN(Cc2ccccc2)C1)c1ccc(Oc2ccc(C(F)(F)F)cc2)cc1. The van der Waals surface area contributed by atoms with E-state index in [2.05, 4.69) is 9.62 Å². The van der Waals surface area contributed by atoms with Gasteiger partial charge in [0.1, 0.15) is 11.5 Å². The molecule has 1 atom stereocenters. The van der Waals surface area contributed by atoms with Gasteiger partial charge in [-0.3, -0.25) is 4.90 Å². The van der Waals surface area contributed by atoms with E-state index in [0.717, 1.165) is 23.3 Å². The van der Waals surface area contributed by atoms with Gasteiger partial charge in [0.2, 0.25) is 10.0 Å². The summed E-state index contributed by atoms with van der Waals surface area (Å²) in [4.78, 5) is 2.26. The third-order valence-corrected chi connectivity index (χ3v) is 8.68. The second-order valence-electron chi connectivity index (χ2n) is 9.74. The lowest BCUT2D eigenvalue weighted by Crippen LogP contribution is -2.47. The molecule has 0 aromatic heterocycles. The van der Waals surface area contributed by atoms with Gasteiger partial charge < -0.3 is 4.74 Å². The zero-order chi connectivity index (χ0) is 28.4. The molecule has 0 amide bonds. The molecule has 5 nitrogen and oxygen atoms in total. The lowest BCUT2D eigenvalue weighted by molar-refractivity contribution is -0.137. The molecule has 1 N–H and O–H groups in total. The Morgan fingerprint density at radius 1 is 0.850 bits per heavy atom. The maximum absolute atomic E-state index is 13.6. The molecular formula is C30H26ClF3N2O3S. The molecular weight excluding hydrogens is 561 g/mol. The van der Waals surface area contributed by atoms with Crippen LogP contribution in [0.25, 0.3) is 0 Å². The Morgan fingerprint density at radius 2 is 1.45 bits per heavy atom. The number of hydrogen-bond donors (Lipinski definition) is 1. The van der Waals surface area contributed by atoms with Crippen molar-refractivity contribution in [2.24, 2.45) is 0 Å². The topological polar surface area (TPSA) is 58.6 Å². The van der Waals surface area contributed by atoms with Gasteiger partial charge in [0.25, 0.3) is 0 Å². The summed E-state index contributed by atoms with van der Waals surface area (Å²) >= 11 is 6.12. The number of sulfonamides is 1. The van der Waals surface area contributed by atoms with Gasteiger partial charge in [0.05, 0.1) is 16.0 Å². The van der Waals surface area contributed by atoms with Gasteiger partial charge in [-0.25, -0.2) is 8.42 Å². The Kier molecular flexibility index (Phi) is 7.92. The summed E-state index contributed by atoms with van der Waals surface area (Å²) < 4.78 is 74.2. The average molecular weight is 587 g/mol. The van der Waals surface area contributed by atoms with E-state index >= 15 is 0 Å². The summed E-state index contributed by atoms with van der Waals surface area (Å²) in [6.45, 7) is 1.85. The first kappa shape index (κ1) is 28.2. The number of hydrogen-bond acceptors (Lipinski definition) is 4. The van der Waals surface area contributed by atoms with Crippen LogP contribution in [0.3, 0.4) is 0 Å². The van der Waals surface area contributed by atoms with Crippen LogP contribution in [0.4, 0.5) is 13.2 Å². The zero-order valence-corrected chi connectivity index (χ0v) is 22.8. The van der Waals surface area contributed by atoms with Crippen LogP contribution in [0.1, 0.15) is 23.1 Å². The molecule has 0 aliphatic carbocycles. The second-order valence-corrected chi connectivity index (χ2v) is 11.9. The number of halogens is 4. The highest BCUT2D eigenvalue weighted by molar-refractivity contribution is 7.89. The molecule has 1 aliphatic heterocycles. The predicted molar refractivity (Wildman–Crippen MR) is 148 cm³/mol. The highest BCUT2D eigenvalue weighted by atomic mass is 35.5. The molecule has 0 saturated carbocycles. The molecule has 1 unspecified atom stereocenters. The molecule has 10 heteroatoms. The van der Waals surface area contributed by atoms with Crippen molar-refractivity contribution in [2.45, 2.75) is 29.6 Å². The number of benzene rings is 4. The molecule has 4 aromatic rings. The van der Waals surface area contributed by atoms with E-state index in [0.29, 0.717) is 36.8 Å². The third kappa shape index (κ3) is 6.50. The molecule has 5 rings (SSSR count). The van der Waals surface area contributed by atoms with Crippen molar-refractivity contribution in [1.82, 2.24) is 9.62 Å². The van der Waals surface area contributed by atoms with E-state index in [4.69, 9.17) is 16.3 Å². The highest BCUT2D eigenvalue weighted by Gasteiger charge is 2.43. The number of ether oxygens (including phenoxy) is 1. The van der Waals surface area contributed by atoms with Crippen molar-refractivity contribution >= 4 is 21.6 Å². The maximum atomic E-state index is 13.6. The van der Waals surface area contributed by atoms with Crippen molar-refractivity contribution in [3.05, 3.63) is 125 Å². The van der Waals surface area contributed by atoms with Crippen LogP contribution in [0.15, 0.2) is 108 Å². The summed E-state index contributed by atoms with van der Waals surface area (Å²) in [5.74, 6) is 0.494. The maximum Gasteiger partial charge on any atom is 0.416 e. The fourth-order valence-electron chi connectivity index (χ4n) is 4.86. The number of nitrogens with zero attached hydrogens (tertiary/aromatic N) is 1. The quantitative estimate of drug-likeness (QED) is 0.237. The van der Waals surface area contributed by atoms with Crippen LogP contribution in [0, 0.1) is 0 Å². The Morgan fingerprint density at radius 3 is 2.05 bits per heavy atom. The summed E-state index contributed by atoms with van der Waals surface area (Å²) in [5, 5.41) is 0.560. The van der Waals surface area contributed by atoms with Crippen LogP contribution < -0.4 is 9.46 Å². The standard InChI is InChI=1S/C30H26ClF3N2O3S/c31-25-10-6-23(7-11-25)29(18-19-36(21-29)20-22-4-2-1-3-5-22)35-40(37,38)28-16-14-27(15-17-28)39-26-12-8-24(9-13-26)30(32,33)34/h1-17,35H,18-21H2. The Balaban J connectivity index is 1.34. The minimum atomic E-state index is -4.44. The molecule has 1 saturated heterocycles. The van der Waals surface area contributed by atoms with Crippen LogP contribution in [-0.4, -0.2) is 26.4 Å². The molecule has 208 valence electrons. The van der Waals surface area contributed by atoms with Crippen molar-refractivity contribution in [2.75, 3.05) is 13.1 Å². The van der Waals surface area contributed by atoms with Crippen LogP contribution in [0.2, 0.25) is 5.02 Å². The van der Waals surface area contributed by atoms with Crippen LogP contribution in [-0.2, 0) is 28.3 Å². The van der Waals surface area contributed by atoms with Gasteiger partial charge in [0.15, 0.2) is 0 Å². The van der Waals surface area contributed by atoms with Gasteiger partial charge in [-0.2, -0.15) is 17.9 Å². The largest absolute Gasteiger partial charge is 0.457 e. The molecule has 40 heavy (non-hydrogen) atoms. The first-order valence-corrected chi connectivity index (χ1v) is 14.4. The van der Waals surface area contributed by atoms with Crippen molar-refractivity contribution in [3.8, 4) is 11.5 Å². The Bertz CT molecular complexity index is 1550. The Hall–Kier alpha value is -3.37. The molecule has 4 aromatic carbocycles. The second kappa shape index (κ2) is 11.2. The van der Waals surface area contributed by atoms with E-state index in [-0.39, 0.29) is 10.6 Å². The molecule has 0 spiro atoms. The van der Waals surface area contributed by atoms with E-state index in [9.17, 15) is 21.6 Å². The monoisotopic (exact) mass is 586 g/mol. The van der Waals surface area contributed by atoms with Gasteiger partial charge in [-0.1, -0.05) is 54.1 Å². The van der Waals surface area contributed by atoms with Crippen molar-refractivity contribution < 1.29 is 26.3 Å². The number of alkyl halides is 3. The lowest BCUT2D eigenvalue weighted by Gasteiger charge is -2.31. The summed E-state index contributed by atoms with van der Waals surface area (Å²) in [7, 11) is -3.96. The summed E-state index contributed by atoms with van der Waals surface area (Å²) in [6, 6.07) is 27.2. The minimum absolute atomic E-state index is 0.0436. The fraction of sp³-hybridized carbons (Fsp3) is 0.200. The van der Waals surface area contributed by atoms with Gasteiger partial charge in [-0.15, -0.1) is 0 Å². The number of nitrogens with one attached hydrogen (secondary N) is 1. The first-order valence-electron chi connectivity index (χ1n) is 12.5. The predicted octanol–water partition coefficient (Wildman–Crippen LogP) is 7.23. The molecule has 0 bridgehead atoms. The molecule has 0 radical (unpaired) electrons. The third-order valence-electron chi connectivity index (χ3n) is 6.88. The van der Waals surface area contributed by atoms with E-state index in [1.165, 1.54) is 36.4 Å². The average Bonchev–Trinajstić information content (AvgIpc) is 3.32. The molecule has 1 heterocycles. The van der Waals surface area contributed by atoms with Gasteiger partial charge in [-0.05, 0) is 78.2 Å². The highest BCUT2D eigenvalue weighted by Crippen LogP contribution is 2.36. The zero-order valence-electron chi connectivity index (χ0n) is 21.2. The normalized spacial score (nSPS) is 18.1. The number of rotatable bonds is 8. The van der Waals surface area contributed by atoms with E-state index < -0.39 is 27.3 Å². The van der Waals surface area contributed by atoms with Crippen molar-refractivity contribution in [1.29, 1.82) is 0 Å². The van der Waals surface area contributed by atoms with Gasteiger partial charge >= 0.3 is 6.18 Å². The van der Waals surface area contributed by atoms with E-state index in [1.807, 2.05) is 42.5 Å². The first-order chi connectivity index (χ1) is 19.0. The van der Waals surface area contributed by atoms with Crippen molar-refractivity contribution in [3.63, 3.8) is 0 Å². The minimum Gasteiger partial charge on any atom is -0.457 e. The summed E-state index contributed by atoms with van der Waals surface area (Å²) in [5.41, 5.74) is 0.309. The number of likely N-dealkylation sites (tertiary alicyclic amines) is 1. The summed E-state index contributed by atoms with van der Waals surface area (Å²) in [6.07, 6.45) is -3.88.